The second-order valence-electron chi connectivity index (χ2n) is 6.79. The fraction of sp³-hybridized carbons (Fsp3) is 0.381. The predicted octanol–water partition coefficient (Wildman–Crippen LogP) is 2.68. The van der Waals surface area contributed by atoms with E-state index in [0.717, 1.165) is 11.1 Å². The van der Waals surface area contributed by atoms with E-state index in [9.17, 15) is 13.5 Å². The summed E-state index contributed by atoms with van der Waals surface area (Å²) in [6.07, 6.45) is 1.25. The van der Waals surface area contributed by atoms with Gasteiger partial charge in [-0.3, -0.25) is 0 Å². The molecule has 1 unspecified atom stereocenters. The lowest BCUT2D eigenvalue weighted by Crippen LogP contribution is -2.41. The first-order valence-corrected chi connectivity index (χ1v) is 11.2. The van der Waals surface area contributed by atoms with Crippen molar-refractivity contribution in [3.63, 3.8) is 0 Å². The van der Waals surface area contributed by atoms with Crippen molar-refractivity contribution < 1.29 is 13.5 Å². The van der Waals surface area contributed by atoms with Crippen molar-refractivity contribution >= 4 is 39.8 Å². The van der Waals surface area contributed by atoms with Gasteiger partial charge in [-0.1, -0.05) is 42.5 Å². The maximum Gasteiger partial charge on any atom is 0.191 e. The van der Waals surface area contributed by atoms with Gasteiger partial charge < -0.3 is 15.7 Å². The summed E-state index contributed by atoms with van der Waals surface area (Å²) in [5.41, 5.74) is 2.72. The molecule has 0 heterocycles. The highest BCUT2D eigenvalue weighted by molar-refractivity contribution is 14.0. The Labute approximate surface area is 190 Å². The molecule has 0 aliphatic carbocycles. The van der Waals surface area contributed by atoms with Crippen LogP contribution in [0.3, 0.4) is 0 Å². The zero-order valence-electron chi connectivity index (χ0n) is 17.1. The Balaban J connectivity index is 0.00000420. The van der Waals surface area contributed by atoms with Gasteiger partial charge in [-0.25, -0.2) is 13.4 Å². The fourth-order valence-electron chi connectivity index (χ4n) is 2.91. The van der Waals surface area contributed by atoms with Crippen LogP contribution >= 0.6 is 24.0 Å². The van der Waals surface area contributed by atoms with Crippen LogP contribution < -0.4 is 10.6 Å². The molecule has 0 spiro atoms. The minimum Gasteiger partial charge on any atom is -0.391 e. The van der Waals surface area contributed by atoms with E-state index in [2.05, 4.69) is 15.6 Å². The van der Waals surface area contributed by atoms with Crippen molar-refractivity contribution in [3.8, 4) is 0 Å². The fourth-order valence-corrected chi connectivity index (χ4v) is 3.87. The van der Waals surface area contributed by atoms with Gasteiger partial charge in [0.25, 0.3) is 0 Å². The first kappa shape index (κ1) is 25.4. The number of sulfone groups is 1. The third-order valence-corrected chi connectivity index (χ3v) is 5.48. The Kier molecular flexibility index (Phi) is 10.6. The number of guanidine groups is 1. The SMILES string of the molecule is CCNC(=NCc1ccc(S(C)(=O)=O)c(C)c1)NCC(O)Cc1ccccc1.I. The number of aliphatic imine (C=N–C) groups is 1. The van der Waals surface area contributed by atoms with Crippen LogP contribution in [0.4, 0.5) is 0 Å². The third kappa shape index (κ3) is 8.71. The summed E-state index contributed by atoms with van der Waals surface area (Å²) >= 11 is 0. The van der Waals surface area contributed by atoms with Crippen LogP contribution in [0.15, 0.2) is 58.4 Å². The van der Waals surface area contributed by atoms with Crippen LogP contribution in [-0.4, -0.2) is 44.9 Å². The van der Waals surface area contributed by atoms with Gasteiger partial charge in [0, 0.05) is 25.8 Å². The van der Waals surface area contributed by atoms with Gasteiger partial charge in [-0.05, 0) is 36.6 Å². The number of nitrogens with one attached hydrogen (secondary N) is 2. The van der Waals surface area contributed by atoms with E-state index in [4.69, 9.17) is 0 Å². The van der Waals surface area contributed by atoms with Crippen molar-refractivity contribution in [1.82, 2.24) is 10.6 Å². The van der Waals surface area contributed by atoms with E-state index in [1.54, 1.807) is 19.1 Å². The van der Waals surface area contributed by atoms with E-state index < -0.39 is 15.9 Å². The molecular weight excluding hydrogens is 501 g/mol. The molecule has 0 saturated carbocycles. The lowest BCUT2D eigenvalue weighted by Gasteiger charge is -2.15. The topological polar surface area (TPSA) is 90.8 Å². The van der Waals surface area contributed by atoms with Gasteiger partial charge in [0.2, 0.25) is 0 Å². The summed E-state index contributed by atoms with van der Waals surface area (Å²) in [5, 5.41) is 16.6. The third-order valence-electron chi connectivity index (χ3n) is 4.22. The molecule has 0 bridgehead atoms. The zero-order valence-corrected chi connectivity index (χ0v) is 20.2. The van der Waals surface area contributed by atoms with Crippen molar-refractivity contribution in [2.24, 2.45) is 4.99 Å². The predicted molar refractivity (Wildman–Crippen MR) is 129 cm³/mol. The molecule has 3 N–H and O–H groups in total. The van der Waals surface area contributed by atoms with E-state index >= 15 is 0 Å². The lowest BCUT2D eigenvalue weighted by atomic mass is 10.1. The lowest BCUT2D eigenvalue weighted by molar-refractivity contribution is 0.177. The summed E-state index contributed by atoms with van der Waals surface area (Å²) in [4.78, 5) is 4.87. The molecule has 6 nitrogen and oxygen atoms in total. The van der Waals surface area contributed by atoms with Crippen LogP contribution in [0, 0.1) is 6.92 Å². The van der Waals surface area contributed by atoms with Gasteiger partial charge in [-0.15, -0.1) is 24.0 Å². The minimum atomic E-state index is -3.22. The summed E-state index contributed by atoms with van der Waals surface area (Å²) in [7, 11) is -3.22. The van der Waals surface area contributed by atoms with E-state index in [1.165, 1.54) is 6.26 Å². The molecule has 160 valence electrons. The Bertz CT molecular complexity index is 903. The van der Waals surface area contributed by atoms with Crippen molar-refractivity contribution in [2.75, 3.05) is 19.3 Å². The highest BCUT2D eigenvalue weighted by atomic mass is 127. The smallest absolute Gasteiger partial charge is 0.191 e. The zero-order chi connectivity index (χ0) is 20.6. The number of aliphatic hydroxyl groups excluding tert-OH is 1. The van der Waals surface area contributed by atoms with Gasteiger partial charge >= 0.3 is 0 Å². The first-order chi connectivity index (χ1) is 13.3. The number of nitrogens with zero attached hydrogens (tertiary/aromatic N) is 1. The average Bonchev–Trinajstić information content (AvgIpc) is 2.64. The molecule has 0 aliphatic rings. The second kappa shape index (κ2) is 12.1. The van der Waals surface area contributed by atoms with E-state index in [-0.39, 0.29) is 24.0 Å². The maximum absolute atomic E-state index is 11.7. The molecule has 1 atom stereocenters. The van der Waals surface area contributed by atoms with Crippen LogP contribution in [-0.2, 0) is 22.8 Å². The number of aryl methyl sites for hydroxylation is 1. The van der Waals surface area contributed by atoms with Gasteiger partial charge in [0.1, 0.15) is 0 Å². The molecule has 0 saturated heterocycles. The van der Waals surface area contributed by atoms with Crippen molar-refractivity contribution in [1.29, 1.82) is 0 Å². The molecule has 0 amide bonds. The highest BCUT2D eigenvalue weighted by Gasteiger charge is 2.11. The van der Waals surface area contributed by atoms with Gasteiger partial charge in [0.15, 0.2) is 15.8 Å². The second-order valence-corrected chi connectivity index (χ2v) is 8.78. The van der Waals surface area contributed by atoms with E-state index in [0.29, 0.717) is 42.5 Å². The minimum absolute atomic E-state index is 0. The number of aliphatic hydroxyl groups is 1. The monoisotopic (exact) mass is 531 g/mol. The average molecular weight is 531 g/mol. The molecule has 2 aromatic carbocycles. The molecule has 0 aliphatic heterocycles. The summed E-state index contributed by atoms with van der Waals surface area (Å²) in [5.74, 6) is 0.611. The molecule has 0 fully saturated rings. The summed E-state index contributed by atoms with van der Waals surface area (Å²) in [6, 6.07) is 15.1. The molecule has 2 aromatic rings. The Morgan fingerprint density at radius 3 is 2.38 bits per heavy atom. The number of hydrogen-bond acceptors (Lipinski definition) is 4. The van der Waals surface area contributed by atoms with E-state index in [1.807, 2.05) is 43.3 Å². The Morgan fingerprint density at radius 1 is 1.10 bits per heavy atom. The molecule has 0 aromatic heterocycles. The largest absolute Gasteiger partial charge is 0.391 e. The molecule has 29 heavy (non-hydrogen) atoms. The van der Waals surface area contributed by atoms with Crippen LogP contribution in [0.5, 0.6) is 0 Å². The van der Waals surface area contributed by atoms with Gasteiger partial charge in [-0.2, -0.15) is 0 Å². The summed E-state index contributed by atoms with van der Waals surface area (Å²) in [6.45, 7) is 5.25. The maximum atomic E-state index is 11.7. The summed E-state index contributed by atoms with van der Waals surface area (Å²) < 4.78 is 23.5. The molecular formula is C21H30IN3O3S. The first-order valence-electron chi connectivity index (χ1n) is 9.33. The van der Waals surface area contributed by atoms with Crippen LogP contribution in [0.25, 0.3) is 0 Å². The Morgan fingerprint density at radius 2 is 1.79 bits per heavy atom. The number of hydrogen-bond donors (Lipinski definition) is 3. The normalized spacial score (nSPS) is 12.8. The van der Waals surface area contributed by atoms with Crippen LogP contribution in [0.2, 0.25) is 0 Å². The number of halogens is 1. The van der Waals surface area contributed by atoms with Crippen molar-refractivity contribution in [3.05, 3.63) is 65.2 Å². The number of benzene rings is 2. The molecule has 2 rings (SSSR count). The van der Waals surface area contributed by atoms with Crippen molar-refractivity contribution in [2.45, 2.75) is 37.8 Å². The molecule has 8 heteroatoms. The molecule has 0 radical (unpaired) electrons. The van der Waals surface area contributed by atoms with Crippen LogP contribution in [0.1, 0.15) is 23.6 Å². The standard InChI is InChI=1S/C21H29N3O3S.HI/c1-4-22-21(24-15-19(25)13-17-8-6-5-7-9-17)23-14-18-10-11-20(16(2)12-18)28(3,26)27;/h5-12,19,25H,4,13-15H2,1-3H3,(H2,22,23,24);1H. The number of rotatable bonds is 8. The van der Waals surface area contributed by atoms with Gasteiger partial charge in [0.05, 0.1) is 17.5 Å². The highest BCUT2D eigenvalue weighted by Crippen LogP contribution is 2.17. The quantitative estimate of drug-likeness (QED) is 0.277. The Hall–Kier alpha value is -1.65.